The second-order valence-electron chi connectivity index (χ2n) is 5.12. The lowest BCUT2D eigenvalue weighted by Crippen LogP contribution is -2.07. The maximum atomic E-state index is 12.3. The standard InChI is InChI=1S/C17H26O4/c1-6-19-15-10-13(14(18)9-12(4)5)11-16(20-7-2)17(15)21-8-3/h10-12H,6-9H2,1-5H3. The van der Waals surface area contributed by atoms with E-state index in [0.29, 0.717) is 55.0 Å². The lowest BCUT2D eigenvalue weighted by molar-refractivity contribution is 0.0966. The lowest BCUT2D eigenvalue weighted by Gasteiger charge is -2.17. The molecule has 0 atom stereocenters. The zero-order chi connectivity index (χ0) is 15.8. The Hall–Kier alpha value is -1.71. The molecule has 1 aromatic carbocycles. The zero-order valence-electron chi connectivity index (χ0n) is 13.7. The predicted molar refractivity (Wildman–Crippen MR) is 83.7 cm³/mol. The average molecular weight is 294 g/mol. The summed E-state index contributed by atoms with van der Waals surface area (Å²) in [5, 5.41) is 0. The first kappa shape index (κ1) is 17.3. The monoisotopic (exact) mass is 294 g/mol. The van der Waals surface area contributed by atoms with Crippen LogP contribution in [0.4, 0.5) is 0 Å². The number of benzene rings is 1. The van der Waals surface area contributed by atoms with Gasteiger partial charge in [-0.25, -0.2) is 0 Å². The van der Waals surface area contributed by atoms with Crippen LogP contribution in [0.5, 0.6) is 17.2 Å². The van der Waals surface area contributed by atoms with Crippen molar-refractivity contribution in [3.8, 4) is 17.2 Å². The largest absolute Gasteiger partial charge is 0.490 e. The fourth-order valence-corrected chi connectivity index (χ4v) is 2.04. The number of ketones is 1. The number of hydrogen-bond acceptors (Lipinski definition) is 4. The Kier molecular flexibility index (Phi) is 7.06. The first-order valence-electron chi connectivity index (χ1n) is 7.63. The van der Waals surface area contributed by atoms with Crippen LogP contribution in [0.2, 0.25) is 0 Å². The Morgan fingerprint density at radius 3 is 1.81 bits per heavy atom. The summed E-state index contributed by atoms with van der Waals surface area (Å²) in [6.45, 7) is 11.3. The highest BCUT2D eigenvalue weighted by atomic mass is 16.5. The fraction of sp³-hybridized carbons (Fsp3) is 0.588. The number of carbonyl (C=O) groups excluding carboxylic acids is 1. The molecule has 0 bridgehead atoms. The van der Waals surface area contributed by atoms with E-state index < -0.39 is 0 Å². The second-order valence-corrected chi connectivity index (χ2v) is 5.12. The van der Waals surface area contributed by atoms with Gasteiger partial charge in [-0.05, 0) is 38.8 Å². The van der Waals surface area contributed by atoms with Crippen molar-refractivity contribution in [2.75, 3.05) is 19.8 Å². The van der Waals surface area contributed by atoms with Crippen LogP contribution < -0.4 is 14.2 Å². The van der Waals surface area contributed by atoms with E-state index in [4.69, 9.17) is 14.2 Å². The van der Waals surface area contributed by atoms with Crippen LogP contribution in [0.3, 0.4) is 0 Å². The smallest absolute Gasteiger partial charge is 0.203 e. The summed E-state index contributed by atoms with van der Waals surface area (Å²) in [5.41, 5.74) is 0.610. The van der Waals surface area contributed by atoms with Gasteiger partial charge in [0.1, 0.15) is 0 Å². The van der Waals surface area contributed by atoms with Crippen molar-refractivity contribution in [1.29, 1.82) is 0 Å². The molecular formula is C17H26O4. The van der Waals surface area contributed by atoms with Crippen LogP contribution in [0.25, 0.3) is 0 Å². The Bertz CT molecular complexity index is 439. The molecule has 21 heavy (non-hydrogen) atoms. The number of rotatable bonds is 9. The highest BCUT2D eigenvalue weighted by Gasteiger charge is 2.18. The van der Waals surface area contributed by atoms with Crippen LogP contribution in [0.1, 0.15) is 51.4 Å². The van der Waals surface area contributed by atoms with Gasteiger partial charge in [0.25, 0.3) is 0 Å². The van der Waals surface area contributed by atoms with Gasteiger partial charge < -0.3 is 14.2 Å². The van der Waals surface area contributed by atoms with E-state index in [0.717, 1.165) is 0 Å². The third-order valence-electron chi connectivity index (χ3n) is 2.82. The van der Waals surface area contributed by atoms with E-state index in [-0.39, 0.29) is 5.78 Å². The highest BCUT2D eigenvalue weighted by molar-refractivity contribution is 5.97. The van der Waals surface area contributed by atoms with Crippen molar-refractivity contribution in [3.05, 3.63) is 17.7 Å². The van der Waals surface area contributed by atoms with Crippen molar-refractivity contribution in [1.82, 2.24) is 0 Å². The number of hydrogen-bond donors (Lipinski definition) is 0. The maximum Gasteiger partial charge on any atom is 0.203 e. The van der Waals surface area contributed by atoms with Crippen LogP contribution in [-0.2, 0) is 0 Å². The average Bonchev–Trinajstić information content (AvgIpc) is 2.41. The van der Waals surface area contributed by atoms with Crippen LogP contribution in [0.15, 0.2) is 12.1 Å². The van der Waals surface area contributed by atoms with Gasteiger partial charge in [0.15, 0.2) is 17.3 Å². The minimum Gasteiger partial charge on any atom is -0.490 e. The Balaban J connectivity index is 3.24. The Morgan fingerprint density at radius 2 is 1.43 bits per heavy atom. The summed E-state index contributed by atoms with van der Waals surface area (Å²) in [5.74, 6) is 2.11. The van der Waals surface area contributed by atoms with Gasteiger partial charge in [0.2, 0.25) is 5.75 Å². The van der Waals surface area contributed by atoms with Crippen molar-refractivity contribution in [3.63, 3.8) is 0 Å². The molecule has 0 saturated heterocycles. The van der Waals surface area contributed by atoms with Gasteiger partial charge in [-0.15, -0.1) is 0 Å². The molecule has 0 fully saturated rings. The van der Waals surface area contributed by atoms with E-state index in [1.165, 1.54) is 0 Å². The Labute approximate surface area is 127 Å². The first-order valence-corrected chi connectivity index (χ1v) is 7.63. The van der Waals surface area contributed by atoms with Crippen molar-refractivity contribution in [2.45, 2.75) is 41.0 Å². The van der Waals surface area contributed by atoms with E-state index in [1.807, 2.05) is 34.6 Å². The van der Waals surface area contributed by atoms with E-state index in [1.54, 1.807) is 12.1 Å². The molecule has 0 unspecified atom stereocenters. The quantitative estimate of drug-likeness (QED) is 0.643. The van der Waals surface area contributed by atoms with Crippen molar-refractivity contribution in [2.24, 2.45) is 5.92 Å². The Morgan fingerprint density at radius 1 is 0.952 bits per heavy atom. The highest BCUT2D eigenvalue weighted by Crippen LogP contribution is 2.39. The fourth-order valence-electron chi connectivity index (χ4n) is 2.04. The van der Waals surface area contributed by atoms with Gasteiger partial charge in [-0.2, -0.15) is 0 Å². The minimum absolute atomic E-state index is 0.0926. The molecule has 0 aromatic heterocycles. The molecule has 0 N–H and O–H groups in total. The van der Waals surface area contributed by atoms with E-state index >= 15 is 0 Å². The molecule has 4 nitrogen and oxygen atoms in total. The summed E-state index contributed by atoms with van der Waals surface area (Å²) < 4.78 is 16.9. The minimum atomic E-state index is 0.0926. The van der Waals surface area contributed by atoms with Crippen molar-refractivity contribution < 1.29 is 19.0 Å². The molecule has 0 spiro atoms. The summed E-state index contributed by atoms with van der Waals surface area (Å²) in [6, 6.07) is 3.50. The number of Topliss-reactive ketones (excluding diaryl/α,β-unsaturated/α-hetero) is 1. The van der Waals surface area contributed by atoms with Gasteiger partial charge in [0.05, 0.1) is 19.8 Å². The molecule has 0 amide bonds. The lowest BCUT2D eigenvalue weighted by atomic mass is 10.0. The summed E-state index contributed by atoms with van der Waals surface area (Å²) in [4.78, 5) is 12.3. The molecule has 0 saturated carbocycles. The van der Waals surface area contributed by atoms with Crippen LogP contribution in [-0.4, -0.2) is 25.6 Å². The van der Waals surface area contributed by atoms with Crippen LogP contribution in [0, 0.1) is 5.92 Å². The molecule has 0 aliphatic rings. The molecule has 4 heteroatoms. The molecule has 0 heterocycles. The number of carbonyl (C=O) groups is 1. The predicted octanol–water partition coefficient (Wildman–Crippen LogP) is 4.11. The van der Waals surface area contributed by atoms with Gasteiger partial charge in [-0.3, -0.25) is 4.79 Å². The third kappa shape index (κ3) is 4.96. The summed E-state index contributed by atoms with van der Waals surface area (Å²) >= 11 is 0. The second kappa shape index (κ2) is 8.55. The third-order valence-corrected chi connectivity index (χ3v) is 2.82. The molecule has 1 aromatic rings. The zero-order valence-corrected chi connectivity index (χ0v) is 13.7. The SMILES string of the molecule is CCOc1cc(C(=O)CC(C)C)cc(OCC)c1OCC. The molecular weight excluding hydrogens is 268 g/mol. The first-order chi connectivity index (χ1) is 10.0. The molecule has 118 valence electrons. The number of ether oxygens (including phenoxy) is 3. The van der Waals surface area contributed by atoms with Gasteiger partial charge >= 0.3 is 0 Å². The maximum absolute atomic E-state index is 12.3. The normalized spacial score (nSPS) is 10.6. The molecule has 0 aliphatic carbocycles. The summed E-state index contributed by atoms with van der Waals surface area (Å²) in [6.07, 6.45) is 0.505. The van der Waals surface area contributed by atoms with Gasteiger partial charge in [0, 0.05) is 12.0 Å². The molecule has 1 rings (SSSR count). The topological polar surface area (TPSA) is 44.8 Å². The summed E-state index contributed by atoms with van der Waals surface area (Å²) in [7, 11) is 0. The van der Waals surface area contributed by atoms with Crippen molar-refractivity contribution >= 4 is 5.78 Å². The van der Waals surface area contributed by atoms with Crippen LogP contribution >= 0.6 is 0 Å². The van der Waals surface area contributed by atoms with E-state index in [2.05, 4.69) is 0 Å². The molecule has 0 radical (unpaired) electrons. The van der Waals surface area contributed by atoms with Gasteiger partial charge in [-0.1, -0.05) is 13.8 Å². The molecule has 0 aliphatic heterocycles. The van der Waals surface area contributed by atoms with E-state index in [9.17, 15) is 4.79 Å².